The van der Waals surface area contributed by atoms with E-state index in [1.54, 1.807) is 0 Å². The predicted molar refractivity (Wildman–Crippen MR) is 111 cm³/mol. The summed E-state index contributed by atoms with van der Waals surface area (Å²) in [6.07, 6.45) is 0.953. The molecule has 0 radical (unpaired) electrons. The Morgan fingerprint density at radius 2 is 2.00 bits per heavy atom. The van der Waals surface area contributed by atoms with Gasteiger partial charge in [-0.25, -0.2) is 0 Å². The van der Waals surface area contributed by atoms with Gasteiger partial charge in [-0.2, -0.15) is 0 Å². The first kappa shape index (κ1) is 20.8. The van der Waals surface area contributed by atoms with Crippen molar-refractivity contribution in [3.63, 3.8) is 0 Å². The highest BCUT2D eigenvalue weighted by Crippen LogP contribution is 2.24. The summed E-state index contributed by atoms with van der Waals surface area (Å²) in [7, 11) is 0. The summed E-state index contributed by atoms with van der Waals surface area (Å²) in [5.41, 5.74) is 3.40. The first-order valence-corrected chi connectivity index (χ1v) is 10.7. The number of hydrogen-bond donors (Lipinski definition) is 1. The molecular formula is C20H29N5O2S. The van der Waals surface area contributed by atoms with Crippen LogP contribution in [0.5, 0.6) is 0 Å². The van der Waals surface area contributed by atoms with Crippen LogP contribution in [0.2, 0.25) is 0 Å². The van der Waals surface area contributed by atoms with Gasteiger partial charge in [0.05, 0.1) is 24.7 Å². The first-order chi connectivity index (χ1) is 13.5. The van der Waals surface area contributed by atoms with Gasteiger partial charge in [0.15, 0.2) is 5.16 Å². The average Bonchev–Trinajstić information content (AvgIpc) is 3.06. The number of nitrogens with one attached hydrogen (secondary N) is 1. The Morgan fingerprint density at radius 3 is 2.79 bits per heavy atom. The topological polar surface area (TPSA) is 72.3 Å². The van der Waals surface area contributed by atoms with Crippen LogP contribution >= 0.6 is 11.8 Å². The zero-order chi connectivity index (χ0) is 19.9. The molecule has 1 N–H and O–H groups in total. The molecule has 1 fully saturated rings. The lowest BCUT2D eigenvalue weighted by atomic mass is 10.1. The van der Waals surface area contributed by atoms with E-state index in [0.717, 1.165) is 61.5 Å². The molecule has 28 heavy (non-hydrogen) atoms. The molecule has 0 bridgehead atoms. The number of hydrogen-bond acceptors (Lipinski definition) is 6. The number of rotatable bonds is 8. The van der Waals surface area contributed by atoms with E-state index in [1.165, 1.54) is 17.3 Å². The number of morpholine rings is 1. The maximum Gasteiger partial charge on any atom is 0.230 e. The van der Waals surface area contributed by atoms with Gasteiger partial charge in [-0.05, 0) is 50.9 Å². The molecule has 0 atom stereocenters. The van der Waals surface area contributed by atoms with Crippen molar-refractivity contribution in [2.24, 2.45) is 0 Å². The lowest BCUT2D eigenvalue weighted by molar-refractivity contribution is -0.118. The number of benzene rings is 1. The van der Waals surface area contributed by atoms with Crippen LogP contribution in [-0.2, 0) is 9.53 Å². The molecule has 0 unspecified atom stereocenters. The highest BCUT2D eigenvalue weighted by Gasteiger charge is 2.15. The van der Waals surface area contributed by atoms with E-state index in [2.05, 4.69) is 52.5 Å². The van der Waals surface area contributed by atoms with Gasteiger partial charge in [-0.3, -0.25) is 14.3 Å². The molecule has 0 saturated carbocycles. The van der Waals surface area contributed by atoms with Crippen LogP contribution in [0.25, 0.3) is 5.69 Å². The van der Waals surface area contributed by atoms with Crippen LogP contribution in [-0.4, -0.2) is 70.7 Å². The van der Waals surface area contributed by atoms with Crippen molar-refractivity contribution in [1.29, 1.82) is 0 Å². The summed E-state index contributed by atoms with van der Waals surface area (Å²) in [5.74, 6) is 1.18. The minimum Gasteiger partial charge on any atom is -0.379 e. The van der Waals surface area contributed by atoms with E-state index in [0.29, 0.717) is 12.3 Å². The maximum absolute atomic E-state index is 12.2. The predicted octanol–water partition coefficient (Wildman–Crippen LogP) is 2.12. The average molecular weight is 404 g/mol. The number of nitrogens with zero attached hydrogens (tertiary/aromatic N) is 4. The third-order valence-corrected chi connectivity index (χ3v) is 5.74. The SMILES string of the molecule is Cc1ccc(C)c(-n2c(C)nnc2SCC(=O)NCCCN2CCOCC2)c1. The van der Waals surface area contributed by atoms with Crippen molar-refractivity contribution < 1.29 is 9.53 Å². The standard InChI is InChI=1S/C20H29N5O2S/c1-15-5-6-16(2)18(13-15)25-17(3)22-23-20(25)28-14-19(26)21-7-4-8-24-9-11-27-12-10-24/h5-6,13H,4,7-12,14H2,1-3H3,(H,21,26). The van der Waals surface area contributed by atoms with Gasteiger partial charge in [0.25, 0.3) is 0 Å². The number of ether oxygens (including phenoxy) is 1. The molecule has 152 valence electrons. The Bertz CT molecular complexity index is 802. The van der Waals surface area contributed by atoms with Gasteiger partial charge < -0.3 is 10.1 Å². The van der Waals surface area contributed by atoms with E-state index in [-0.39, 0.29) is 5.91 Å². The van der Waals surface area contributed by atoms with E-state index in [1.807, 2.05) is 11.5 Å². The summed E-state index contributed by atoms with van der Waals surface area (Å²) < 4.78 is 7.37. The van der Waals surface area contributed by atoms with Crippen molar-refractivity contribution in [3.05, 3.63) is 35.2 Å². The monoisotopic (exact) mass is 403 g/mol. The van der Waals surface area contributed by atoms with Crippen LogP contribution in [0.15, 0.2) is 23.4 Å². The fourth-order valence-corrected chi connectivity index (χ4v) is 4.03. The van der Waals surface area contributed by atoms with Crippen molar-refractivity contribution in [3.8, 4) is 5.69 Å². The Labute approximate surface area is 170 Å². The fraction of sp³-hybridized carbons (Fsp3) is 0.550. The maximum atomic E-state index is 12.2. The van der Waals surface area contributed by atoms with Gasteiger partial charge in [0.2, 0.25) is 5.91 Å². The third kappa shape index (κ3) is 5.56. The molecule has 1 aromatic heterocycles. The van der Waals surface area contributed by atoms with E-state index in [4.69, 9.17) is 4.74 Å². The zero-order valence-electron chi connectivity index (χ0n) is 16.9. The summed E-state index contributed by atoms with van der Waals surface area (Å²) in [5, 5.41) is 12.2. The molecule has 2 heterocycles. The second-order valence-corrected chi connectivity index (χ2v) is 8.04. The van der Waals surface area contributed by atoms with Gasteiger partial charge in [0.1, 0.15) is 5.82 Å². The van der Waals surface area contributed by atoms with Crippen LogP contribution in [0, 0.1) is 20.8 Å². The van der Waals surface area contributed by atoms with Gasteiger partial charge in [-0.15, -0.1) is 10.2 Å². The Hall–Kier alpha value is -1.90. The molecule has 3 rings (SSSR count). The first-order valence-electron chi connectivity index (χ1n) is 9.74. The normalized spacial score (nSPS) is 15.0. The summed E-state index contributed by atoms with van der Waals surface area (Å²) >= 11 is 1.42. The number of aryl methyl sites for hydroxylation is 3. The minimum atomic E-state index is 0.0279. The number of amides is 1. The summed E-state index contributed by atoms with van der Waals surface area (Å²) in [4.78, 5) is 14.6. The highest BCUT2D eigenvalue weighted by atomic mass is 32.2. The quantitative estimate of drug-likeness (QED) is 0.538. The van der Waals surface area contributed by atoms with Crippen molar-refractivity contribution in [2.75, 3.05) is 45.1 Å². The molecule has 0 spiro atoms. The molecule has 1 aromatic carbocycles. The molecule has 1 amide bonds. The van der Waals surface area contributed by atoms with Crippen LogP contribution in [0.1, 0.15) is 23.4 Å². The van der Waals surface area contributed by atoms with Crippen LogP contribution in [0.4, 0.5) is 0 Å². The molecule has 1 saturated heterocycles. The Balaban J connectivity index is 1.49. The number of carbonyl (C=O) groups excluding carboxylic acids is 1. The van der Waals surface area contributed by atoms with Crippen molar-refractivity contribution >= 4 is 17.7 Å². The van der Waals surface area contributed by atoms with Crippen molar-refractivity contribution in [2.45, 2.75) is 32.3 Å². The van der Waals surface area contributed by atoms with E-state index >= 15 is 0 Å². The second kappa shape index (κ2) is 10.0. The molecule has 8 heteroatoms. The second-order valence-electron chi connectivity index (χ2n) is 7.10. The number of carbonyl (C=O) groups is 1. The van der Waals surface area contributed by atoms with E-state index in [9.17, 15) is 4.79 Å². The van der Waals surface area contributed by atoms with Gasteiger partial charge in [0, 0.05) is 19.6 Å². The summed E-state index contributed by atoms with van der Waals surface area (Å²) in [6, 6.07) is 6.32. The molecule has 1 aliphatic rings. The number of thioether (sulfide) groups is 1. The Kier molecular flexibility index (Phi) is 7.47. The Morgan fingerprint density at radius 1 is 1.21 bits per heavy atom. The molecular weight excluding hydrogens is 374 g/mol. The zero-order valence-corrected chi connectivity index (χ0v) is 17.7. The molecule has 2 aromatic rings. The van der Waals surface area contributed by atoms with Crippen LogP contribution in [0.3, 0.4) is 0 Å². The van der Waals surface area contributed by atoms with E-state index < -0.39 is 0 Å². The lowest BCUT2D eigenvalue weighted by Crippen LogP contribution is -2.38. The lowest BCUT2D eigenvalue weighted by Gasteiger charge is -2.26. The fourth-order valence-electron chi connectivity index (χ4n) is 3.21. The molecule has 0 aliphatic carbocycles. The number of aromatic nitrogens is 3. The largest absolute Gasteiger partial charge is 0.379 e. The minimum absolute atomic E-state index is 0.0279. The smallest absolute Gasteiger partial charge is 0.230 e. The molecule has 7 nitrogen and oxygen atoms in total. The summed E-state index contributed by atoms with van der Waals surface area (Å²) in [6.45, 7) is 11.4. The van der Waals surface area contributed by atoms with Crippen molar-refractivity contribution in [1.82, 2.24) is 25.0 Å². The highest BCUT2D eigenvalue weighted by molar-refractivity contribution is 7.99. The van der Waals surface area contributed by atoms with Gasteiger partial charge in [-0.1, -0.05) is 23.9 Å². The van der Waals surface area contributed by atoms with Gasteiger partial charge >= 0.3 is 0 Å². The molecule has 1 aliphatic heterocycles. The third-order valence-electron chi connectivity index (χ3n) is 4.81. The van der Waals surface area contributed by atoms with Crippen LogP contribution < -0.4 is 5.32 Å².